The van der Waals surface area contributed by atoms with Gasteiger partial charge >= 0.3 is 0 Å². The summed E-state index contributed by atoms with van der Waals surface area (Å²) < 4.78 is 1.66. The van der Waals surface area contributed by atoms with Crippen molar-refractivity contribution in [1.29, 1.82) is 0 Å². The monoisotopic (exact) mass is 333 g/mol. The Bertz CT molecular complexity index is 1050. The van der Waals surface area contributed by atoms with Crippen LogP contribution in [0.3, 0.4) is 0 Å². The van der Waals surface area contributed by atoms with Gasteiger partial charge in [-0.05, 0) is 23.8 Å². The molecule has 6 nitrogen and oxygen atoms in total. The lowest BCUT2D eigenvalue weighted by atomic mass is 10.1. The fraction of sp³-hybridized carbons (Fsp3) is 0.0588. The molecule has 4 aromatic rings. The summed E-state index contributed by atoms with van der Waals surface area (Å²) in [4.78, 5) is 15.2. The Morgan fingerprint density at radius 1 is 1.08 bits per heavy atom. The minimum absolute atomic E-state index is 0.0425. The predicted molar refractivity (Wildman–Crippen MR) is 91.1 cm³/mol. The second-order valence-electron chi connectivity index (χ2n) is 5.56. The van der Waals surface area contributed by atoms with Gasteiger partial charge in [0.25, 0.3) is 5.91 Å². The van der Waals surface area contributed by atoms with Crippen molar-refractivity contribution in [1.82, 2.24) is 19.8 Å². The van der Waals surface area contributed by atoms with Crippen molar-refractivity contribution in [2.45, 2.75) is 6.54 Å². The van der Waals surface area contributed by atoms with Crippen LogP contribution in [0.25, 0.3) is 15.5 Å². The Hall–Kier alpha value is -3.06. The Morgan fingerprint density at radius 2 is 2.00 bits per heavy atom. The van der Waals surface area contributed by atoms with Crippen molar-refractivity contribution in [3.05, 3.63) is 66.0 Å². The highest BCUT2D eigenvalue weighted by Crippen LogP contribution is 2.32. The van der Waals surface area contributed by atoms with E-state index in [2.05, 4.69) is 15.3 Å². The molecule has 0 atom stereocenters. The lowest BCUT2D eigenvalue weighted by Crippen LogP contribution is -2.22. The first-order chi connectivity index (χ1) is 11.8. The normalized spacial score (nSPS) is 13.7. The third-order valence-corrected chi connectivity index (χ3v) is 5.07. The first kappa shape index (κ1) is 13.4. The molecule has 3 heterocycles. The summed E-state index contributed by atoms with van der Waals surface area (Å²) in [6.45, 7) is 0.601. The summed E-state index contributed by atoms with van der Waals surface area (Å²) in [5.41, 5.74) is 3.68. The predicted octanol–water partition coefficient (Wildman–Crippen LogP) is 3.01. The number of amides is 1. The van der Waals surface area contributed by atoms with Crippen molar-refractivity contribution in [2.75, 3.05) is 4.90 Å². The number of fused-ring (bicyclic) bond motifs is 2. The molecule has 0 bridgehead atoms. The van der Waals surface area contributed by atoms with Gasteiger partial charge in [0.1, 0.15) is 11.3 Å². The molecule has 0 saturated heterocycles. The van der Waals surface area contributed by atoms with Crippen LogP contribution in [0.1, 0.15) is 15.9 Å². The second-order valence-corrected chi connectivity index (χ2v) is 6.52. The van der Waals surface area contributed by atoms with Crippen LogP contribution in [0.15, 0.2) is 54.9 Å². The molecule has 1 amide bonds. The molecule has 1 aliphatic rings. The van der Waals surface area contributed by atoms with Gasteiger partial charge in [-0.1, -0.05) is 41.7 Å². The number of nitrogens with zero attached hydrogens (tertiary/aromatic N) is 5. The Kier molecular flexibility index (Phi) is 2.77. The number of hydrogen-bond donors (Lipinski definition) is 0. The van der Waals surface area contributed by atoms with Crippen LogP contribution in [-0.2, 0) is 6.54 Å². The van der Waals surface area contributed by atoms with E-state index < -0.39 is 0 Å². The van der Waals surface area contributed by atoms with Crippen molar-refractivity contribution in [3.63, 3.8) is 0 Å². The number of benzene rings is 2. The van der Waals surface area contributed by atoms with Gasteiger partial charge in [-0.15, -0.1) is 10.2 Å². The first-order valence-corrected chi connectivity index (χ1v) is 8.28. The summed E-state index contributed by atoms with van der Waals surface area (Å²) in [5, 5.41) is 13.2. The number of rotatable bonds is 2. The fourth-order valence-corrected chi connectivity index (χ4v) is 3.76. The molecule has 2 aromatic carbocycles. The topological polar surface area (TPSA) is 63.4 Å². The van der Waals surface area contributed by atoms with E-state index in [0.717, 1.165) is 32.3 Å². The van der Waals surface area contributed by atoms with Gasteiger partial charge in [0, 0.05) is 16.8 Å². The molecular formula is C17H11N5OS. The van der Waals surface area contributed by atoms with Gasteiger partial charge in [0.2, 0.25) is 4.96 Å². The van der Waals surface area contributed by atoms with Crippen LogP contribution in [-0.4, -0.2) is 25.7 Å². The molecule has 24 heavy (non-hydrogen) atoms. The zero-order valence-corrected chi connectivity index (χ0v) is 13.3. The zero-order chi connectivity index (χ0) is 16.1. The maximum absolute atomic E-state index is 12.6. The largest absolute Gasteiger partial charge is 0.304 e. The first-order valence-electron chi connectivity index (χ1n) is 7.47. The highest BCUT2D eigenvalue weighted by Gasteiger charge is 2.28. The third kappa shape index (κ3) is 1.95. The summed E-state index contributed by atoms with van der Waals surface area (Å²) >= 11 is 1.47. The highest BCUT2D eigenvalue weighted by atomic mass is 32.1. The smallest absolute Gasteiger partial charge is 0.258 e. The molecule has 1 aliphatic heterocycles. The van der Waals surface area contributed by atoms with Crippen molar-refractivity contribution in [2.24, 2.45) is 0 Å². The number of hydrogen-bond acceptors (Lipinski definition) is 5. The van der Waals surface area contributed by atoms with Crippen LogP contribution in [0.4, 0.5) is 5.69 Å². The molecule has 5 rings (SSSR count). The molecular weight excluding hydrogens is 322 g/mol. The molecule has 0 N–H and O–H groups in total. The quantitative estimate of drug-likeness (QED) is 0.566. The molecule has 0 spiro atoms. The second kappa shape index (κ2) is 4.97. The van der Waals surface area contributed by atoms with E-state index in [1.54, 1.807) is 15.7 Å². The summed E-state index contributed by atoms with van der Waals surface area (Å²) in [6.07, 6.45) is 1.58. The lowest BCUT2D eigenvalue weighted by Gasteiger charge is -2.16. The molecule has 0 aliphatic carbocycles. The van der Waals surface area contributed by atoms with Gasteiger partial charge in [0.15, 0.2) is 0 Å². The number of carbonyl (C=O) groups excluding carboxylic acids is 1. The minimum Gasteiger partial charge on any atom is -0.304 e. The summed E-state index contributed by atoms with van der Waals surface area (Å²) in [7, 11) is 0. The molecule has 0 fully saturated rings. The van der Waals surface area contributed by atoms with Crippen LogP contribution in [0, 0.1) is 0 Å². The van der Waals surface area contributed by atoms with E-state index >= 15 is 0 Å². The van der Waals surface area contributed by atoms with E-state index in [9.17, 15) is 4.79 Å². The number of aromatic nitrogens is 4. The molecule has 116 valence electrons. The van der Waals surface area contributed by atoms with Crippen molar-refractivity contribution < 1.29 is 4.79 Å². The molecule has 0 radical (unpaired) electrons. The molecule has 7 heteroatoms. The Balaban J connectivity index is 1.54. The van der Waals surface area contributed by atoms with Gasteiger partial charge in [-0.2, -0.15) is 9.61 Å². The van der Waals surface area contributed by atoms with E-state index in [1.807, 2.05) is 48.5 Å². The highest BCUT2D eigenvalue weighted by molar-refractivity contribution is 7.19. The Morgan fingerprint density at radius 3 is 2.88 bits per heavy atom. The maximum Gasteiger partial charge on any atom is 0.258 e. The number of anilines is 1. The van der Waals surface area contributed by atoms with Crippen LogP contribution in [0.2, 0.25) is 0 Å². The summed E-state index contributed by atoms with van der Waals surface area (Å²) in [5.74, 6) is 0.0425. The minimum atomic E-state index is 0.0425. The van der Waals surface area contributed by atoms with Crippen molar-refractivity contribution >= 4 is 27.9 Å². The maximum atomic E-state index is 12.6. The van der Waals surface area contributed by atoms with E-state index in [0.29, 0.717) is 6.54 Å². The van der Waals surface area contributed by atoms with E-state index in [4.69, 9.17) is 0 Å². The van der Waals surface area contributed by atoms with Gasteiger partial charge in [-0.3, -0.25) is 4.79 Å². The van der Waals surface area contributed by atoms with Crippen LogP contribution in [0.5, 0.6) is 0 Å². The van der Waals surface area contributed by atoms with E-state index in [1.165, 1.54) is 11.3 Å². The third-order valence-electron chi connectivity index (χ3n) is 4.11. The average Bonchev–Trinajstić information content (AvgIpc) is 3.29. The standard InChI is InChI=1S/C17H11N5OS/c23-16-14-7-2-1-4-12(14)9-21(16)13-6-3-5-11(8-13)15-20-22-10-18-19-17(22)24-15/h1-8,10H,9H2. The van der Waals surface area contributed by atoms with Gasteiger partial charge < -0.3 is 4.90 Å². The van der Waals surface area contributed by atoms with Crippen LogP contribution >= 0.6 is 11.3 Å². The van der Waals surface area contributed by atoms with Gasteiger partial charge in [0.05, 0.1) is 6.54 Å². The molecule has 0 unspecified atom stereocenters. The zero-order valence-electron chi connectivity index (χ0n) is 12.5. The summed E-state index contributed by atoms with van der Waals surface area (Å²) in [6, 6.07) is 15.6. The number of carbonyl (C=O) groups is 1. The Labute approximate surface area is 141 Å². The van der Waals surface area contributed by atoms with E-state index in [-0.39, 0.29) is 5.91 Å². The van der Waals surface area contributed by atoms with Crippen molar-refractivity contribution in [3.8, 4) is 10.6 Å². The van der Waals surface area contributed by atoms with Gasteiger partial charge in [-0.25, -0.2) is 0 Å². The average molecular weight is 333 g/mol. The molecule has 0 saturated carbocycles. The SMILES string of the molecule is O=C1c2ccccc2CN1c1cccc(-c2nn3cnnc3s2)c1. The molecule has 2 aromatic heterocycles. The lowest BCUT2D eigenvalue weighted by molar-refractivity contribution is 0.0996. The van der Waals surface area contributed by atoms with Crippen LogP contribution < -0.4 is 4.90 Å². The fourth-order valence-electron chi connectivity index (χ4n) is 2.95.